The smallest absolute Gasteiger partial charge is 0.309 e. The topological polar surface area (TPSA) is 78.9 Å². The summed E-state index contributed by atoms with van der Waals surface area (Å²) in [6.45, 7) is 6.34. The Morgan fingerprint density at radius 1 is 0.415 bits per heavy atom. The second kappa shape index (κ2) is 41.6. The molecule has 1 atom stereocenters. The Morgan fingerprint density at radius 2 is 0.811 bits per heavy atom. The fourth-order valence-corrected chi connectivity index (χ4v) is 5.51. The van der Waals surface area contributed by atoms with Gasteiger partial charge in [-0.1, -0.05) is 171 Å². The van der Waals surface area contributed by atoms with Gasteiger partial charge in [0.2, 0.25) is 0 Å². The molecule has 0 aliphatic rings. The first-order valence-electron chi connectivity index (χ1n) is 21.4. The Hall–Kier alpha value is -3.15. The third-order valence-corrected chi connectivity index (χ3v) is 8.73. The molecular weight excluding hydrogens is 661 g/mol. The molecular formula is C47H78O6. The van der Waals surface area contributed by atoms with Crippen LogP contribution in [0, 0.1) is 0 Å². The van der Waals surface area contributed by atoms with Crippen LogP contribution in [0.3, 0.4) is 0 Å². The van der Waals surface area contributed by atoms with Crippen molar-refractivity contribution in [1.29, 1.82) is 0 Å². The van der Waals surface area contributed by atoms with Crippen molar-refractivity contribution in [2.75, 3.05) is 13.2 Å². The van der Waals surface area contributed by atoms with Gasteiger partial charge in [0, 0.05) is 12.8 Å². The van der Waals surface area contributed by atoms with Crippen LogP contribution in [0.25, 0.3) is 0 Å². The summed E-state index contributed by atoms with van der Waals surface area (Å²) in [6.07, 6.45) is 50.5. The van der Waals surface area contributed by atoms with E-state index in [9.17, 15) is 14.4 Å². The maximum absolute atomic E-state index is 12.7. The molecule has 302 valence electrons. The van der Waals surface area contributed by atoms with E-state index in [1.165, 1.54) is 64.2 Å². The molecule has 0 aromatic heterocycles. The number of unbranched alkanes of at least 4 members (excludes halogenated alkanes) is 15. The zero-order valence-electron chi connectivity index (χ0n) is 34.3. The van der Waals surface area contributed by atoms with Crippen molar-refractivity contribution < 1.29 is 28.6 Å². The van der Waals surface area contributed by atoms with Crippen LogP contribution >= 0.6 is 0 Å². The van der Waals surface area contributed by atoms with Crippen LogP contribution in [0.5, 0.6) is 0 Å². The first-order chi connectivity index (χ1) is 26.0. The third kappa shape index (κ3) is 39.9. The van der Waals surface area contributed by atoms with Gasteiger partial charge in [-0.2, -0.15) is 0 Å². The van der Waals surface area contributed by atoms with E-state index in [0.29, 0.717) is 12.8 Å². The summed E-state index contributed by atoms with van der Waals surface area (Å²) in [5, 5.41) is 0. The van der Waals surface area contributed by atoms with Crippen molar-refractivity contribution in [3.05, 3.63) is 72.9 Å². The highest BCUT2D eigenvalue weighted by molar-refractivity contribution is 5.72. The summed E-state index contributed by atoms with van der Waals surface area (Å²) >= 11 is 0. The Bertz CT molecular complexity index is 1030. The summed E-state index contributed by atoms with van der Waals surface area (Å²) < 4.78 is 16.5. The van der Waals surface area contributed by atoms with Crippen LogP contribution in [0.15, 0.2) is 72.9 Å². The molecule has 0 fully saturated rings. The van der Waals surface area contributed by atoms with Crippen LogP contribution in [0.1, 0.15) is 188 Å². The van der Waals surface area contributed by atoms with Crippen LogP contribution in [-0.2, 0) is 28.6 Å². The zero-order chi connectivity index (χ0) is 38.7. The van der Waals surface area contributed by atoms with Crippen molar-refractivity contribution in [1.82, 2.24) is 0 Å². The highest BCUT2D eigenvalue weighted by Gasteiger charge is 2.19. The van der Waals surface area contributed by atoms with Gasteiger partial charge in [0.1, 0.15) is 13.2 Å². The third-order valence-electron chi connectivity index (χ3n) is 8.73. The molecule has 0 aromatic carbocycles. The van der Waals surface area contributed by atoms with Crippen LogP contribution in [0.2, 0.25) is 0 Å². The molecule has 1 unspecified atom stereocenters. The van der Waals surface area contributed by atoms with Gasteiger partial charge in [-0.15, -0.1) is 0 Å². The van der Waals surface area contributed by atoms with Crippen LogP contribution in [0.4, 0.5) is 0 Å². The lowest BCUT2D eigenvalue weighted by Crippen LogP contribution is -2.30. The summed E-state index contributed by atoms with van der Waals surface area (Å²) in [4.78, 5) is 37.5. The van der Waals surface area contributed by atoms with Crippen molar-refractivity contribution >= 4 is 17.9 Å². The largest absolute Gasteiger partial charge is 0.462 e. The van der Waals surface area contributed by atoms with Gasteiger partial charge in [-0.3, -0.25) is 14.4 Å². The van der Waals surface area contributed by atoms with E-state index in [4.69, 9.17) is 14.2 Å². The van der Waals surface area contributed by atoms with Gasteiger partial charge in [0.15, 0.2) is 6.10 Å². The molecule has 0 radical (unpaired) electrons. The van der Waals surface area contributed by atoms with E-state index in [0.717, 1.165) is 83.5 Å². The Balaban J connectivity index is 4.51. The molecule has 0 bridgehead atoms. The van der Waals surface area contributed by atoms with Gasteiger partial charge >= 0.3 is 17.9 Å². The lowest BCUT2D eigenvalue weighted by molar-refractivity contribution is -0.166. The summed E-state index contributed by atoms with van der Waals surface area (Å²) in [6, 6.07) is 0. The van der Waals surface area contributed by atoms with Crippen LogP contribution < -0.4 is 0 Å². The van der Waals surface area contributed by atoms with E-state index in [1.807, 2.05) is 6.08 Å². The van der Waals surface area contributed by atoms with E-state index < -0.39 is 12.1 Å². The molecule has 0 amide bonds. The van der Waals surface area contributed by atoms with E-state index >= 15 is 0 Å². The SMILES string of the molecule is CC/C=C\C/C=C\C/C=C\C/C=C\C/C=C\CC(=O)OCC(COC(=O)CCCCCCCCCC)OC(=O)CCCCCCC/C=C\CCCCC. The number of hydrogen-bond acceptors (Lipinski definition) is 6. The Labute approximate surface area is 325 Å². The van der Waals surface area contributed by atoms with Gasteiger partial charge in [-0.05, 0) is 70.6 Å². The van der Waals surface area contributed by atoms with E-state index in [2.05, 4.69) is 81.5 Å². The quantitative estimate of drug-likeness (QED) is 0.0273. The van der Waals surface area contributed by atoms with Gasteiger partial charge in [0.25, 0.3) is 0 Å². The molecule has 0 heterocycles. The van der Waals surface area contributed by atoms with Crippen molar-refractivity contribution in [2.24, 2.45) is 0 Å². The standard InChI is InChI=1S/C47H78O6/c1-4-7-10-13-16-19-21-23-24-25-27-28-31-34-37-40-46(49)52-43-44(42-51-45(48)39-36-33-30-18-15-12-9-6-3)53-47(50)41-38-35-32-29-26-22-20-17-14-11-8-5-2/h7,10,16-17,19-20,23-24,27-28,34,37,44H,4-6,8-9,11-15,18,21-22,25-26,29-33,35-36,38-43H2,1-3H3/b10-7-,19-16-,20-17-,24-23-,28-27-,37-34-. The van der Waals surface area contributed by atoms with Gasteiger partial charge in [-0.25, -0.2) is 0 Å². The maximum atomic E-state index is 12.7. The number of carbonyl (C=O) groups excluding carboxylic acids is 3. The first-order valence-corrected chi connectivity index (χ1v) is 21.4. The fraction of sp³-hybridized carbons (Fsp3) is 0.681. The van der Waals surface area contributed by atoms with E-state index in [1.54, 1.807) is 6.08 Å². The first kappa shape index (κ1) is 49.9. The van der Waals surface area contributed by atoms with Crippen molar-refractivity contribution in [2.45, 2.75) is 194 Å². The molecule has 0 saturated heterocycles. The monoisotopic (exact) mass is 739 g/mol. The second-order valence-corrected chi connectivity index (χ2v) is 13.9. The summed E-state index contributed by atoms with van der Waals surface area (Å²) in [5.74, 6) is -1.07. The molecule has 0 aromatic rings. The molecule has 0 N–H and O–H groups in total. The maximum Gasteiger partial charge on any atom is 0.309 e. The minimum Gasteiger partial charge on any atom is -0.462 e. The highest BCUT2D eigenvalue weighted by atomic mass is 16.6. The molecule has 0 rings (SSSR count). The van der Waals surface area contributed by atoms with Gasteiger partial charge in [0.05, 0.1) is 6.42 Å². The average Bonchev–Trinajstić information content (AvgIpc) is 3.15. The van der Waals surface area contributed by atoms with Crippen LogP contribution in [-0.4, -0.2) is 37.2 Å². The van der Waals surface area contributed by atoms with Gasteiger partial charge < -0.3 is 14.2 Å². The molecule has 0 aliphatic heterocycles. The molecule has 53 heavy (non-hydrogen) atoms. The normalized spacial score (nSPS) is 12.7. The molecule has 0 saturated carbocycles. The Morgan fingerprint density at radius 3 is 1.34 bits per heavy atom. The zero-order valence-corrected chi connectivity index (χ0v) is 34.3. The molecule has 6 heteroatoms. The number of ether oxygens (including phenoxy) is 3. The second-order valence-electron chi connectivity index (χ2n) is 13.9. The predicted molar refractivity (Wildman–Crippen MR) is 224 cm³/mol. The molecule has 6 nitrogen and oxygen atoms in total. The fourth-order valence-electron chi connectivity index (χ4n) is 5.51. The van der Waals surface area contributed by atoms with Crippen molar-refractivity contribution in [3.63, 3.8) is 0 Å². The average molecular weight is 739 g/mol. The molecule has 0 spiro atoms. The number of carbonyl (C=O) groups is 3. The number of rotatable bonds is 37. The lowest BCUT2D eigenvalue weighted by Gasteiger charge is -2.18. The molecule has 0 aliphatic carbocycles. The number of esters is 3. The number of allylic oxidation sites excluding steroid dienone is 11. The highest BCUT2D eigenvalue weighted by Crippen LogP contribution is 2.12. The van der Waals surface area contributed by atoms with E-state index in [-0.39, 0.29) is 31.6 Å². The predicted octanol–water partition coefficient (Wildman–Crippen LogP) is 13.5. The lowest BCUT2D eigenvalue weighted by atomic mass is 10.1. The minimum atomic E-state index is -0.813. The number of hydrogen-bond donors (Lipinski definition) is 0. The Kier molecular flexibility index (Phi) is 39.1. The summed E-state index contributed by atoms with van der Waals surface area (Å²) in [7, 11) is 0. The summed E-state index contributed by atoms with van der Waals surface area (Å²) in [5.41, 5.74) is 0. The minimum absolute atomic E-state index is 0.109. The van der Waals surface area contributed by atoms with Crippen molar-refractivity contribution in [3.8, 4) is 0 Å².